The Morgan fingerprint density at radius 2 is 1.83 bits per heavy atom. The van der Waals surface area contributed by atoms with Crippen molar-refractivity contribution in [3.8, 4) is 0 Å². The van der Waals surface area contributed by atoms with Gasteiger partial charge in [0.1, 0.15) is 0 Å². The predicted octanol–water partition coefficient (Wildman–Crippen LogP) is 2.48. The lowest BCUT2D eigenvalue weighted by molar-refractivity contribution is -0.110. The molecule has 5 heteroatoms. The normalized spacial score (nSPS) is 23.5. The van der Waals surface area contributed by atoms with Crippen LogP contribution in [-0.2, 0) is 14.8 Å². The SMILES string of the molecule is C=C[C@H]1CN(S(=O)(=O)c2ccc(C)cc2)CC12C=CC(=O)C=C2. The first-order chi connectivity index (χ1) is 10.9. The van der Waals surface area contributed by atoms with Crippen LogP contribution in [0.5, 0.6) is 0 Å². The summed E-state index contributed by atoms with van der Waals surface area (Å²) in [5.41, 5.74) is 0.537. The second-order valence-corrected chi connectivity index (χ2v) is 8.07. The van der Waals surface area contributed by atoms with Crippen LogP contribution < -0.4 is 0 Å². The Labute approximate surface area is 136 Å². The van der Waals surface area contributed by atoms with E-state index in [1.807, 2.05) is 19.1 Å². The molecule has 0 bridgehead atoms. The number of carbonyl (C=O) groups is 1. The molecule has 1 atom stereocenters. The summed E-state index contributed by atoms with van der Waals surface area (Å²) in [7, 11) is -3.55. The third-order valence-electron chi connectivity index (χ3n) is 4.60. The smallest absolute Gasteiger partial charge is 0.243 e. The molecule has 1 spiro atoms. The highest BCUT2D eigenvalue weighted by atomic mass is 32.2. The third kappa shape index (κ3) is 2.71. The lowest BCUT2D eigenvalue weighted by Gasteiger charge is -2.27. The molecule has 2 aliphatic rings. The number of benzene rings is 1. The largest absolute Gasteiger partial charge is 0.290 e. The predicted molar refractivity (Wildman–Crippen MR) is 89.3 cm³/mol. The number of allylic oxidation sites excluding steroid dienone is 2. The maximum atomic E-state index is 12.9. The molecule has 0 radical (unpaired) electrons. The molecule has 1 fully saturated rings. The molecule has 0 aromatic heterocycles. The van der Waals surface area contributed by atoms with Gasteiger partial charge in [0.25, 0.3) is 0 Å². The minimum atomic E-state index is -3.55. The molecule has 4 nitrogen and oxygen atoms in total. The van der Waals surface area contributed by atoms with Crippen LogP contribution in [0.3, 0.4) is 0 Å². The molecular weight excluding hydrogens is 310 g/mol. The van der Waals surface area contributed by atoms with E-state index in [1.54, 1.807) is 30.3 Å². The van der Waals surface area contributed by atoms with E-state index in [1.165, 1.54) is 16.5 Å². The first-order valence-electron chi connectivity index (χ1n) is 7.49. The van der Waals surface area contributed by atoms with Gasteiger partial charge >= 0.3 is 0 Å². The minimum Gasteiger partial charge on any atom is -0.290 e. The Balaban J connectivity index is 1.95. The average Bonchev–Trinajstić information content (AvgIpc) is 2.90. The number of aryl methyl sites for hydroxylation is 1. The van der Waals surface area contributed by atoms with Crippen molar-refractivity contribution in [2.45, 2.75) is 11.8 Å². The van der Waals surface area contributed by atoms with Gasteiger partial charge in [-0.2, -0.15) is 4.31 Å². The van der Waals surface area contributed by atoms with E-state index in [4.69, 9.17) is 0 Å². The van der Waals surface area contributed by atoms with Crippen LogP contribution in [-0.4, -0.2) is 31.6 Å². The van der Waals surface area contributed by atoms with Crippen LogP contribution in [0.4, 0.5) is 0 Å². The molecule has 1 aromatic carbocycles. The molecule has 23 heavy (non-hydrogen) atoms. The van der Waals surface area contributed by atoms with Crippen molar-refractivity contribution in [2.75, 3.05) is 13.1 Å². The van der Waals surface area contributed by atoms with E-state index >= 15 is 0 Å². The fourth-order valence-corrected chi connectivity index (χ4v) is 4.68. The van der Waals surface area contributed by atoms with Gasteiger partial charge in [-0.1, -0.05) is 35.9 Å². The zero-order valence-electron chi connectivity index (χ0n) is 13.0. The van der Waals surface area contributed by atoms with Gasteiger partial charge in [-0.25, -0.2) is 8.42 Å². The maximum absolute atomic E-state index is 12.9. The highest BCUT2D eigenvalue weighted by Crippen LogP contribution is 2.43. The molecule has 120 valence electrons. The Hall–Kier alpha value is -1.98. The van der Waals surface area contributed by atoms with Crippen molar-refractivity contribution in [3.63, 3.8) is 0 Å². The second kappa shape index (κ2) is 5.58. The second-order valence-electron chi connectivity index (χ2n) is 6.13. The minimum absolute atomic E-state index is 0.0525. The summed E-state index contributed by atoms with van der Waals surface area (Å²) in [5.74, 6) is -0.124. The molecule has 1 saturated heterocycles. The Morgan fingerprint density at radius 3 is 2.39 bits per heavy atom. The van der Waals surface area contributed by atoms with Crippen LogP contribution in [0.25, 0.3) is 0 Å². The van der Waals surface area contributed by atoms with Gasteiger partial charge in [-0.3, -0.25) is 4.79 Å². The number of hydrogen-bond acceptors (Lipinski definition) is 3. The molecule has 1 aliphatic heterocycles. The highest BCUT2D eigenvalue weighted by molar-refractivity contribution is 7.89. The van der Waals surface area contributed by atoms with E-state index in [0.717, 1.165) is 5.56 Å². The van der Waals surface area contributed by atoms with Gasteiger partial charge in [0.2, 0.25) is 10.0 Å². The van der Waals surface area contributed by atoms with Crippen LogP contribution in [0.1, 0.15) is 5.56 Å². The van der Waals surface area contributed by atoms with E-state index in [2.05, 4.69) is 6.58 Å². The number of carbonyl (C=O) groups excluding carboxylic acids is 1. The molecule has 0 N–H and O–H groups in total. The van der Waals surface area contributed by atoms with Crippen molar-refractivity contribution >= 4 is 15.8 Å². The van der Waals surface area contributed by atoms with Crippen molar-refractivity contribution in [2.24, 2.45) is 11.3 Å². The summed E-state index contributed by atoms with van der Waals surface area (Å²) < 4.78 is 27.2. The molecule has 1 aliphatic carbocycles. The third-order valence-corrected chi connectivity index (χ3v) is 6.43. The fraction of sp³-hybridized carbons (Fsp3) is 0.278. The zero-order valence-corrected chi connectivity index (χ0v) is 13.8. The Kier molecular flexibility index (Phi) is 3.86. The fourth-order valence-electron chi connectivity index (χ4n) is 3.15. The van der Waals surface area contributed by atoms with Crippen LogP contribution in [0.2, 0.25) is 0 Å². The molecule has 0 saturated carbocycles. The van der Waals surface area contributed by atoms with E-state index in [-0.39, 0.29) is 11.7 Å². The van der Waals surface area contributed by atoms with Crippen molar-refractivity contribution in [1.29, 1.82) is 0 Å². The maximum Gasteiger partial charge on any atom is 0.243 e. The highest BCUT2D eigenvalue weighted by Gasteiger charge is 2.46. The van der Waals surface area contributed by atoms with Crippen LogP contribution in [0, 0.1) is 18.3 Å². The quantitative estimate of drug-likeness (QED) is 0.801. The summed E-state index contributed by atoms with van der Waals surface area (Å²) >= 11 is 0. The van der Waals surface area contributed by atoms with E-state index < -0.39 is 15.4 Å². The van der Waals surface area contributed by atoms with Crippen LogP contribution in [0.15, 0.2) is 66.1 Å². The number of ketones is 1. The van der Waals surface area contributed by atoms with Gasteiger partial charge in [0, 0.05) is 24.4 Å². The Bertz CT molecular complexity index is 787. The number of nitrogens with zero attached hydrogens (tertiary/aromatic N) is 1. The standard InChI is InChI=1S/C18H19NO3S/c1-3-15-12-19(13-18(15)10-8-16(20)9-11-18)23(21,22)17-6-4-14(2)5-7-17/h3-11,15H,1,12-13H2,2H3/t15-/m0/s1. The summed E-state index contributed by atoms with van der Waals surface area (Å²) in [6, 6.07) is 6.86. The van der Waals surface area contributed by atoms with Gasteiger partial charge < -0.3 is 0 Å². The van der Waals surface area contributed by atoms with Crippen LogP contribution >= 0.6 is 0 Å². The summed E-state index contributed by atoms with van der Waals surface area (Å²) in [5, 5.41) is 0. The van der Waals surface area contributed by atoms with E-state index in [9.17, 15) is 13.2 Å². The molecule has 1 aromatic rings. The zero-order chi connectivity index (χ0) is 16.7. The van der Waals surface area contributed by atoms with Crippen molar-refractivity contribution < 1.29 is 13.2 Å². The molecule has 3 rings (SSSR count). The number of rotatable bonds is 3. The topological polar surface area (TPSA) is 54.5 Å². The number of sulfonamides is 1. The summed E-state index contributed by atoms with van der Waals surface area (Å²) in [6.07, 6.45) is 8.42. The van der Waals surface area contributed by atoms with E-state index in [0.29, 0.717) is 18.0 Å². The number of hydrogen-bond donors (Lipinski definition) is 0. The lowest BCUT2D eigenvalue weighted by Crippen LogP contribution is -2.31. The molecule has 1 heterocycles. The summed E-state index contributed by atoms with van der Waals surface area (Å²) in [6.45, 7) is 6.44. The van der Waals surface area contributed by atoms with Crippen molar-refractivity contribution in [3.05, 3.63) is 66.8 Å². The molecule has 0 amide bonds. The monoisotopic (exact) mass is 329 g/mol. The van der Waals surface area contributed by atoms with Gasteiger partial charge in [-0.05, 0) is 31.2 Å². The average molecular weight is 329 g/mol. The lowest BCUT2D eigenvalue weighted by atomic mass is 9.75. The molecule has 0 unspecified atom stereocenters. The van der Waals surface area contributed by atoms with Gasteiger partial charge in [-0.15, -0.1) is 6.58 Å². The first kappa shape index (κ1) is 15.9. The first-order valence-corrected chi connectivity index (χ1v) is 8.93. The molecular formula is C18H19NO3S. The van der Waals surface area contributed by atoms with Gasteiger partial charge in [0.15, 0.2) is 5.78 Å². The summed E-state index contributed by atoms with van der Waals surface area (Å²) in [4.78, 5) is 11.7. The van der Waals surface area contributed by atoms with Crippen molar-refractivity contribution in [1.82, 2.24) is 4.31 Å². The Morgan fingerprint density at radius 1 is 1.22 bits per heavy atom. The van der Waals surface area contributed by atoms with Gasteiger partial charge in [0.05, 0.1) is 4.90 Å².